The molecule has 0 aliphatic heterocycles. The van der Waals surface area contributed by atoms with Crippen LogP contribution in [0.25, 0.3) is 0 Å². The Morgan fingerprint density at radius 1 is 0.923 bits per heavy atom. The number of rotatable bonds is 5. The number of hydrogen-bond donors (Lipinski definition) is 2. The maximum absolute atomic E-state index is 13.6. The first kappa shape index (κ1) is 17.2. The molecule has 0 fully saturated rings. The Balaban J connectivity index is 1.68. The van der Waals surface area contributed by atoms with Crippen molar-refractivity contribution in [2.45, 2.75) is 6.54 Å². The number of hydrogen-bond acceptors (Lipinski definition) is 4. The summed E-state index contributed by atoms with van der Waals surface area (Å²) in [4.78, 5) is 32.3. The molecule has 0 unspecified atom stereocenters. The van der Waals surface area contributed by atoms with Gasteiger partial charge >= 0.3 is 0 Å². The van der Waals surface area contributed by atoms with Gasteiger partial charge < -0.3 is 10.6 Å². The first-order valence-electron chi connectivity index (χ1n) is 7.81. The van der Waals surface area contributed by atoms with E-state index in [9.17, 15) is 14.0 Å². The van der Waals surface area contributed by atoms with Gasteiger partial charge in [0.15, 0.2) is 0 Å². The van der Waals surface area contributed by atoms with Gasteiger partial charge in [-0.3, -0.25) is 19.6 Å². The van der Waals surface area contributed by atoms with Gasteiger partial charge in [0.25, 0.3) is 11.8 Å². The quantitative estimate of drug-likeness (QED) is 0.741. The number of amides is 2. The van der Waals surface area contributed by atoms with E-state index < -0.39 is 11.7 Å². The summed E-state index contributed by atoms with van der Waals surface area (Å²) in [5, 5.41) is 5.20. The highest BCUT2D eigenvalue weighted by molar-refractivity contribution is 6.05. The lowest BCUT2D eigenvalue weighted by molar-refractivity contribution is 0.0950. The number of anilines is 1. The molecule has 3 rings (SSSR count). The molecule has 0 atom stereocenters. The van der Waals surface area contributed by atoms with Crippen molar-refractivity contribution in [3.63, 3.8) is 0 Å². The Bertz CT molecular complexity index is 932. The van der Waals surface area contributed by atoms with Gasteiger partial charge in [-0.2, -0.15) is 0 Å². The first-order chi connectivity index (χ1) is 12.6. The van der Waals surface area contributed by atoms with E-state index in [1.165, 1.54) is 36.7 Å². The third kappa shape index (κ3) is 4.27. The molecule has 7 heteroatoms. The summed E-state index contributed by atoms with van der Waals surface area (Å²) in [6, 6.07) is 10.8. The average Bonchev–Trinajstić information content (AvgIpc) is 2.69. The first-order valence-corrected chi connectivity index (χ1v) is 7.81. The molecule has 26 heavy (non-hydrogen) atoms. The number of pyridine rings is 2. The van der Waals surface area contributed by atoms with E-state index in [2.05, 4.69) is 20.6 Å². The molecule has 130 valence electrons. The van der Waals surface area contributed by atoms with Crippen molar-refractivity contribution in [1.29, 1.82) is 0 Å². The molecular formula is C19H15FN4O2. The standard InChI is InChI=1S/C19H15FN4O2/c20-16-3-1-2-4-17(16)24-19(26)15-9-14(11-22-12-15)18(25)23-10-13-5-7-21-8-6-13/h1-9,11-12H,10H2,(H,23,25)(H,24,26). The van der Waals surface area contributed by atoms with Gasteiger partial charge in [-0.25, -0.2) is 4.39 Å². The van der Waals surface area contributed by atoms with Crippen molar-refractivity contribution < 1.29 is 14.0 Å². The molecular weight excluding hydrogens is 335 g/mol. The highest BCUT2D eigenvalue weighted by Gasteiger charge is 2.13. The number of aromatic nitrogens is 2. The average molecular weight is 350 g/mol. The maximum atomic E-state index is 13.6. The highest BCUT2D eigenvalue weighted by Crippen LogP contribution is 2.14. The molecule has 0 aliphatic rings. The molecule has 0 saturated heterocycles. The molecule has 2 heterocycles. The smallest absolute Gasteiger partial charge is 0.257 e. The predicted octanol–water partition coefficient (Wildman–Crippen LogP) is 2.80. The normalized spacial score (nSPS) is 10.2. The zero-order valence-corrected chi connectivity index (χ0v) is 13.6. The zero-order chi connectivity index (χ0) is 18.4. The summed E-state index contributed by atoms with van der Waals surface area (Å²) in [6.07, 6.45) is 5.95. The van der Waals surface area contributed by atoms with Gasteiger partial charge in [-0.15, -0.1) is 0 Å². The fraction of sp³-hybridized carbons (Fsp3) is 0.0526. The van der Waals surface area contributed by atoms with Crippen LogP contribution in [0.1, 0.15) is 26.3 Å². The second-order valence-electron chi connectivity index (χ2n) is 5.43. The van der Waals surface area contributed by atoms with E-state index in [0.29, 0.717) is 6.54 Å². The number of nitrogens with zero attached hydrogens (tertiary/aromatic N) is 2. The number of carbonyl (C=O) groups excluding carboxylic acids is 2. The van der Waals surface area contributed by atoms with E-state index in [-0.39, 0.29) is 22.7 Å². The van der Waals surface area contributed by atoms with Gasteiger partial charge in [-0.1, -0.05) is 12.1 Å². The molecule has 0 saturated carbocycles. The minimum atomic E-state index is -0.550. The summed E-state index contributed by atoms with van der Waals surface area (Å²) in [6.45, 7) is 0.326. The van der Waals surface area contributed by atoms with Gasteiger partial charge in [0.1, 0.15) is 5.82 Å². The van der Waals surface area contributed by atoms with E-state index in [1.54, 1.807) is 30.6 Å². The van der Waals surface area contributed by atoms with Crippen LogP contribution in [0, 0.1) is 5.82 Å². The molecule has 2 amide bonds. The molecule has 2 aromatic heterocycles. The fourth-order valence-electron chi connectivity index (χ4n) is 2.23. The van der Waals surface area contributed by atoms with Crippen LogP contribution in [0.15, 0.2) is 67.3 Å². The largest absolute Gasteiger partial charge is 0.348 e. The maximum Gasteiger partial charge on any atom is 0.257 e. The van der Waals surface area contributed by atoms with Crippen molar-refractivity contribution in [3.05, 3.63) is 89.8 Å². The van der Waals surface area contributed by atoms with Gasteiger partial charge in [0.2, 0.25) is 0 Å². The van der Waals surface area contributed by atoms with Gasteiger partial charge in [0.05, 0.1) is 16.8 Å². The lowest BCUT2D eigenvalue weighted by Gasteiger charge is -2.08. The summed E-state index contributed by atoms with van der Waals surface area (Å²) in [5.74, 6) is -1.46. The Hall–Kier alpha value is -3.61. The summed E-state index contributed by atoms with van der Waals surface area (Å²) in [7, 11) is 0. The number of halogens is 1. The van der Waals surface area contributed by atoms with Crippen LogP contribution in [0.2, 0.25) is 0 Å². The number of nitrogens with one attached hydrogen (secondary N) is 2. The van der Waals surface area contributed by atoms with Crippen molar-refractivity contribution in [3.8, 4) is 0 Å². The molecule has 0 aliphatic carbocycles. The lowest BCUT2D eigenvalue weighted by atomic mass is 10.1. The van der Waals surface area contributed by atoms with Crippen LogP contribution in [0.4, 0.5) is 10.1 Å². The lowest BCUT2D eigenvalue weighted by Crippen LogP contribution is -2.23. The van der Waals surface area contributed by atoms with Crippen LogP contribution >= 0.6 is 0 Å². The Labute approximate surface area is 149 Å². The Morgan fingerprint density at radius 2 is 1.62 bits per heavy atom. The monoisotopic (exact) mass is 350 g/mol. The van der Waals surface area contributed by atoms with Crippen LogP contribution < -0.4 is 10.6 Å². The Kier molecular flexibility index (Phi) is 5.28. The molecule has 3 aromatic rings. The van der Waals surface area contributed by atoms with Crippen molar-refractivity contribution in [2.75, 3.05) is 5.32 Å². The summed E-state index contributed by atoms with van der Waals surface area (Å²) >= 11 is 0. The molecule has 2 N–H and O–H groups in total. The van der Waals surface area contributed by atoms with E-state index in [1.807, 2.05) is 0 Å². The van der Waals surface area contributed by atoms with Gasteiger partial charge in [0, 0.05) is 31.3 Å². The molecule has 0 spiro atoms. The second-order valence-corrected chi connectivity index (χ2v) is 5.43. The summed E-state index contributed by atoms with van der Waals surface area (Å²) < 4.78 is 13.6. The topological polar surface area (TPSA) is 84.0 Å². The number of para-hydroxylation sites is 1. The van der Waals surface area contributed by atoms with E-state index >= 15 is 0 Å². The predicted molar refractivity (Wildman–Crippen MR) is 94.0 cm³/mol. The number of carbonyl (C=O) groups is 2. The fourth-order valence-corrected chi connectivity index (χ4v) is 2.23. The van der Waals surface area contributed by atoms with E-state index in [4.69, 9.17) is 0 Å². The third-order valence-corrected chi connectivity index (χ3v) is 3.59. The van der Waals surface area contributed by atoms with Gasteiger partial charge in [-0.05, 0) is 35.9 Å². The molecule has 6 nitrogen and oxygen atoms in total. The summed E-state index contributed by atoms with van der Waals surface area (Å²) in [5.41, 5.74) is 1.35. The van der Waals surface area contributed by atoms with Crippen LogP contribution in [0.5, 0.6) is 0 Å². The highest BCUT2D eigenvalue weighted by atomic mass is 19.1. The Morgan fingerprint density at radius 3 is 2.35 bits per heavy atom. The zero-order valence-electron chi connectivity index (χ0n) is 13.6. The van der Waals surface area contributed by atoms with Crippen LogP contribution in [0.3, 0.4) is 0 Å². The number of benzene rings is 1. The van der Waals surface area contributed by atoms with Crippen LogP contribution in [-0.4, -0.2) is 21.8 Å². The van der Waals surface area contributed by atoms with Crippen LogP contribution in [-0.2, 0) is 6.54 Å². The van der Waals surface area contributed by atoms with E-state index in [0.717, 1.165) is 5.56 Å². The third-order valence-electron chi connectivity index (χ3n) is 3.59. The minimum absolute atomic E-state index is 0.0602. The van der Waals surface area contributed by atoms with Crippen molar-refractivity contribution in [2.24, 2.45) is 0 Å². The van der Waals surface area contributed by atoms with Crippen molar-refractivity contribution in [1.82, 2.24) is 15.3 Å². The molecule has 0 bridgehead atoms. The molecule has 0 radical (unpaired) electrons. The molecule has 1 aromatic carbocycles. The second kappa shape index (κ2) is 7.98. The minimum Gasteiger partial charge on any atom is -0.348 e. The van der Waals surface area contributed by atoms with Crippen molar-refractivity contribution >= 4 is 17.5 Å². The SMILES string of the molecule is O=C(NCc1ccncc1)c1cncc(C(=O)Nc2ccccc2F)c1.